The summed E-state index contributed by atoms with van der Waals surface area (Å²) in [6, 6.07) is 7.63. The SMILES string of the molecule is CC(C#N)(NC(=O)COc1ccc(Br)cc1Br)C1CC1. The fourth-order valence-corrected chi connectivity index (χ4v) is 3.10. The molecule has 2 rings (SSSR count). The number of carbonyl (C=O) groups excluding carboxylic acids is 1. The summed E-state index contributed by atoms with van der Waals surface area (Å²) >= 11 is 6.71. The van der Waals surface area contributed by atoms with Crippen LogP contribution in [0.5, 0.6) is 5.75 Å². The number of carbonyl (C=O) groups is 1. The molecule has 1 unspecified atom stereocenters. The molecule has 1 amide bonds. The molecule has 1 saturated carbocycles. The molecule has 0 spiro atoms. The lowest BCUT2D eigenvalue weighted by atomic mass is 9.98. The van der Waals surface area contributed by atoms with Gasteiger partial charge < -0.3 is 10.1 Å². The van der Waals surface area contributed by atoms with Gasteiger partial charge in [0.2, 0.25) is 0 Å². The lowest BCUT2D eigenvalue weighted by molar-refractivity contribution is -0.124. The van der Waals surface area contributed by atoms with Crippen LogP contribution in [0.3, 0.4) is 0 Å². The molecule has 6 heteroatoms. The van der Waals surface area contributed by atoms with Gasteiger partial charge in [0.15, 0.2) is 6.61 Å². The Morgan fingerprint density at radius 2 is 2.25 bits per heavy atom. The number of halogens is 2. The summed E-state index contributed by atoms with van der Waals surface area (Å²) in [5, 5.41) is 11.9. The molecule has 106 valence electrons. The molecule has 1 N–H and O–H groups in total. The number of hydrogen-bond donors (Lipinski definition) is 1. The van der Waals surface area contributed by atoms with Crippen molar-refractivity contribution in [2.75, 3.05) is 6.61 Å². The fraction of sp³-hybridized carbons (Fsp3) is 0.429. The predicted octanol–water partition coefficient (Wildman–Crippen LogP) is 3.40. The highest BCUT2D eigenvalue weighted by molar-refractivity contribution is 9.11. The van der Waals surface area contributed by atoms with Crippen LogP contribution >= 0.6 is 31.9 Å². The zero-order valence-electron chi connectivity index (χ0n) is 11.0. The largest absolute Gasteiger partial charge is 0.483 e. The molecule has 1 fully saturated rings. The number of benzene rings is 1. The fourth-order valence-electron chi connectivity index (χ4n) is 1.94. The highest BCUT2D eigenvalue weighted by Gasteiger charge is 2.43. The van der Waals surface area contributed by atoms with Crippen LogP contribution in [-0.2, 0) is 4.79 Å². The summed E-state index contributed by atoms with van der Waals surface area (Å²) in [6.45, 7) is 1.66. The molecule has 1 aliphatic rings. The molecule has 0 bridgehead atoms. The van der Waals surface area contributed by atoms with Crippen LogP contribution in [-0.4, -0.2) is 18.1 Å². The maximum atomic E-state index is 11.9. The Balaban J connectivity index is 1.90. The van der Waals surface area contributed by atoms with Crippen molar-refractivity contribution >= 4 is 37.8 Å². The van der Waals surface area contributed by atoms with Crippen LogP contribution < -0.4 is 10.1 Å². The molecule has 0 aromatic heterocycles. The molecule has 1 atom stereocenters. The number of nitrogens with one attached hydrogen (secondary N) is 1. The lowest BCUT2D eigenvalue weighted by Crippen LogP contribution is -2.48. The Morgan fingerprint density at radius 1 is 1.55 bits per heavy atom. The second-order valence-electron chi connectivity index (χ2n) is 5.00. The first kappa shape index (κ1) is 15.3. The third-order valence-corrected chi connectivity index (χ3v) is 4.39. The van der Waals surface area contributed by atoms with Crippen molar-refractivity contribution < 1.29 is 9.53 Å². The highest BCUT2D eigenvalue weighted by atomic mass is 79.9. The van der Waals surface area contributed by atoms with Crippen molar-refractivity contribution in [2.24, 2.45) is 5.92 Å². The van der Waals surface area contributed by atoms with Crippen LogP contribution in [0.2, 0.25) is 0 Å². The Bertz CT molecular complexity index is 567. The van der Waals surface area contributed by atoms with Gasteiger partial charge in [-0.25, -0.2) is 0 Å². The van der Waals surface area contributed by atoms with Crippen molar-refractivity contribution in [3.8, 4) is 11.8 Å². The Kier molecular flexibility index (Phi) is 4.71. The first-order valence-corrected chi connectivity index (χ1v) is 7.83. The maximum absolute atomic E-state index is 11.9. The van der Waals surface area contributed by atoms with E-state index in [1.54, 1.807) is 13.0 Å². The molecular weight excluding hydrogens is 388 g/mol. The summed E-state index contributed by atoms with van der Waals surface area (Å²) in [6.07, 6.45) is 1.98. The minimum atomic E-state index is -0.780. The summed E-state index contributed by atoms with van der Waals surface area (Å²) in [7, 11) is 0. The van der Waals surface area contributed by atoms with Crippen molar-refractivity contribution in [3.63, 3.8) is 0 Å². The van der Waals surface area contributed by atoms with Gasteiger partial charge in [0.25, 0.3) is 5.91 Å². The van der Waals surface area contributed by atoms with E-state index < -0.39 is 5.54 Å². The Morgan fingerprint density at radius 3 is 2.80 bits per heavy atom. The molecule has 4 nitrogen and oxygen atoms in total. The molecular formula is C14H14Br2N2O2. The third-order valence-electron chi connectivity index (χ3n) is 3.28. The Hall–Kier alpha value is -1.06. The number of ether oxygens (including phenoxy) is 1. The number of amides is 1. The van der Waals surface area contributed by atoms with Crippen LogP contribution in [0.4, 0.5) is 0 Å². The highest BCUT2D eigenvalue weighted by Crippen LogP contribution is 2.39. The average molecular weight is 402 g/mol. The van der Waals surface area contributed by atoms with E-state index in [0.29, 0.717) is 5.75 Å². The first-order valence-electron chi connectivity index (χ1n) is 6.25. The van der Waals surface area contributed by atoms with Crippen molar-refractivity contribution in [3.05, 3.63) is 27.1 Å². The second kappa shape index (κ2) is 6.15. The molecule has 1 aromatic carbocycles. The van der Waals surface area contributed by atoms with Crippen LogP contribution in [0.15, 0.2) is 27.1 Å². The van der Waals surface area contributed by atoms with Gasteiger partial charge in [0, 0.05) is 4.47 Å². The van der Waals surface area contributed by atoms with Gasteiger partial charge in [-0.1, -0.05) is 15.9 Å². The van der Waals surface area contributed by atoms with E-state index >= 15 is 0 Å². The van der Waals surface area contributed by atoms with Gasteiger partial charge >= 0.3 is 0 Å². The van der Waals surface area contributed by atoms with E-state index in [2.05, 4.69) is 43.2 Å². The Labute approximate surface area is 134 Å². The standard InChI is InChI=1S/C14H14Br2N2O2/c1-14(8-17,9-2-3-9)18-13(19)7-20-12-5-4-10(15)6-11(12)16/h4-6,9H,2-3,7H2,1H3,(H,18,19). The van der Waals surface area contributed by atoms with Gasteiger partial charge in [0.05, 0.1) is 10.5 Å². The quantitative estimate of drug-likeness (QED) is 0.822. The maximum Gasteiger partial charge on any atom is 0.259 e. The van der Waals surface area contributed by atoms with E-state index in [1.807, 2.05) is 12.1 Å². The van der Waals surface area contributed by atoms with Crippen molar-refractivity contribution in [1.29, 1.82) is 5.26 Å². The lowest BCUT2D eigenvalue weighted by Gasteiger charge is -2.22. The minimum Gasteiger partial charge on any atom is -0.483 e. The van der Waals surface area contributed by atoms with E-state index in [4.69, 9.17) is 4.74 Å². The molecule has 1 aliphatic carbocycles. The molecule has 0 radical (unpaired) electrons. The van der Waals surface area contributed by atoms with Crippen molar-refractivity contribution in [1.82, 2.24) is 5.32 Å². The van der Waals surface area contributed by atoms with Crippen molar-refractivity contribution in [2.45, 2.75) is 25.3 Å². The van der Waals surface area contributed by atoms with Gasteiger partial charge in [-0.3, -0.25) is 4.79 Å². The summed E-state index contributed by atoms with van der Waals surface area (Å²) in [5.74, 6) is 0.570. The zero-order valence-corrected chi connectivity index (χ0v) is 14.1. The molecule has 20 heavy (non-hydrogen) atoms. The molecule has 0 heterocycles. The van der Waals surface area contributed by atoms with Gasteiger partial charge in [-0.15, -0.1) is 0 Å². The topological polar surface area (TPSA) is 62.1 Å². The van der Waals surface area contributed by atoms with Gasteiger partial charge in [-0.05, 0) is 59.8 Å². The number of nitrogens with zero attached hydrogens (tertiary/aromatic N) is 1. The summed E-state index contributed by atoms with van der Waals surface area (Å²) < 4.78 is 7.15. The zero-order chi connectivity index (χ0) is 14.8. The monoisotopic (exact) mass is 400 g/mol. The summed E-state index contributed by atoms with van der Waals surface area (Å²) in [5.41, 5.74) is -0.780. The summed E-state index contributed by atoms with van der Waals surface area (Å²) in [4.78, 5) is 11.9. The molecule has 0 aliphatic heterocycles. The second-order valence-corrected chi connectivity index (χ2v) is 6.77. The van der Waals surface area contributed by atoms with Gasteiger partial charge in [0.1, 0.15) is 11.3 Å². The smallest absolute Gasteiger partial charge is 0.259 e. The molecule has 1 aromatic rings. The number of rotatable bonds is 5. The van der Waals surface area contributed by atoms with E-state index in [0.717, 1.165) is 21.8 Å². The molecule has 0 saturated heterocycles. The third kappa shape index (κ3) is 3.74. The van der Waals surface area contributed by atoms with Crippen LogP contribution in [0, 0.1) is 17.2 Å². The van der Waals surface area contributed by atoms with E-state index in [9.17, 15) is 10.1 Å². The number of nitriles is 1. The minimum absolute atomic E-state index is 0.107. The predicted molar refractivity (Wildman–Crippen MR) is 82.2 cm³/mol. The van der Waals surface area contributed by atoms with Crippen LogP contribution in [0.25, 0.3) is 0 Å². The van der Waals surface area contributed by atoms with Crippen LogP contribution in [0.1, 0.15) is 19.8 Å². The van der Waals surface area contributed by atoms with E-state index in [1.165, 1.54) is 0 Å². The normalized spacial score (nSPS) is 16.9. The number of hydrogen-bond acceptors (Lipinski definition) is 3. The average Bonchev–Trinajstić information content (AvgIpc) is 3.22. The first-order chi connectivity index (χ1) is 9.44. The van der Waals surface area contributed by atoms with E-state index in [-0.39, 0.29) is 18.4 Å². The van der Waals surface area contributed by atoms with Gasteiger partial charge in [-0.2, -0.15) is 5.26 Å².